The van der Waals surface area contributed by atoms with Gasteiger partial charge in [0.2, 0.25) is 11.9 Å². The number of carbonyl (C=O) groups is 1. The summed E-state index contributed by atoms with van der Waals surface area (Å²) < 4.78 is 0. The average Bonchev–Trinajstić information content (AvgIpc) is 2.73. The Hall–Kier alpha value is -1.85. The van der Waals surface area contributed by atoms with Gasteiger partial charge in [0.25, 0.3) is 0 Å². The van der Waals surface area contributed by atoms with Crippen LogP contribution in [0, 0.1) is 0 Å². The number of aromatic nitrogens is 2. The van der Waals surface area contributed by atoms with E-state index in [9.17, 15) is 4.79 Å². The van der Waals surface area contributed by atoms with E-state index in [-0.39, 0.29) is 11.9 Å². The molecule has 2 N–H and O–H groups in total. The van der Waals surface area contributed by atoms with Crippen molar-refractivity contribution in [2.24, 2.45) is 0 Å². The lowest BCUT2D eigenvalue weighted by Gasteiger charge is -2.14. The van der Waals surface area contributed by atoms with Crippen LogP contribution >= 0.6 is 0 Å². The Labute approximate surface area is 100 Å². The van der Waals surface area contributed by atoms with Crippen LogP contribution in [-0.4, -0.2) is 42.6 Å². The molecule has 1 unspecified atom stereocenters. The van der Waals surface area contributed by atoms with Gasteiger partial charge in [-0.05, 0) is 12.5 Å². The van der Waals surface area contributed by atoms with Crippen LogP contribution in [0.3, 0.4) is 0 Å². The summed E-state index contributed by atoms with van der Waals surface area (Å²) in [7, 11) is 3.80. The van der Waals surface area contributed by atoms with Crippen LogP contribution in [0.5, 0.6) is 0 Å². The zero-order valence-corrected chi connectivity index (χ0v) is 10.1. The van der Waals surface area contributed by atoms with Gasteiger partial charge in [0.1, 0.15) is 5.82 Å². The Morgan fingerprint density at radius 3 is 3.06 bits per heavy atom. The maximum atomic E-state index is 11.0. The molecule has 2 heterocycles. The van der Waals surface area contributed by atoms with Crippen molar-refractivity contribution in [3.63, 3.8) is 0 Å². The third kappa shape index (κ3) is 3.05. The zero-order valence-electron chi connectivity index (χ0n) is 10.1. The van der Waals surface area contributed by atoms with E-state index in [4.69, 9.17) is 0 Å². The molecule has 17 heavy (non-hydrogen) atoms. The van der Waals surface area contributed by atoms with Crippen molar-refractivity contribution in [3.05, 3.63) is 12.3 Å². The fourth-order valence-corrected chi connectivity index (χ4v) is 1.72. The fourth-order valence-electron chi connectivity index (χ4n) is 1.72. The summed E-state index contributed by atoms with van der Waals surface area (Å²) in [5.74, 6) is 1.59. The second kappa shape index (κ2) is 4.99. The number of nitrogens with one attached hydrogen (secondary N) is 2. The highest BCUT2D eigenvalue weighted by molar-refractivity contribution is 5.78. The Morgan fingerprint density at radius 2 is 2.41 bits per heavy atom. The van der Waals surface area contributed by atoms with Gasteiger partial charge in [-0.15, -0.1) is 0 Å². The molecule has 1 aromatic rings. The van der Waals surface area contributed by atoms with Gasteiger partial charge in [0.05, 0.1) is 0 Å². The highest BCUT2D eigenvalue weighted by Gasteiger charge is 2.20. The summed E-state index contributed by atoms with van der Waals surface area (Å²) in [6.45, 7) is 0.704. The van der Waals surface area contributed by atoms with Crippen molar-refractivity contribution in [2.75, 3.05) is 30.9 Å². The maximum Gasteiger partial charge on any atom is 0.226 e. The second-order valence-electron chi connectivity index (χ2n) is 4.32. The second-order valence-corrected chi connectivity index (χ2v) is 4.32. The first-order chi connectivity index (χ1) is 8.15. The molecule has 0 saturated carbocycles. The van der Waals surface area contributed by atoms with Crippen LogP contribution in [-0.2, 0) is 4.79 Å². The highest BCUT2D eigenvalue weighted by Crippen LogP contribution is 2.10. The van der Waals surface area contributed by atoms with E-state index in [2.05, 4.69) is 20.6 Å². The number of hydrogen-bond donors (Lipinski definition) is 2. The summed E-state index contributed by atoms with van der Waals surface area (Å²) in [4.78, 5) is 21.4. The standard InChI is InChI=1S/C11H17N5O/c1-16(2)11-12-6-5-9(15-11)13-7-8-3-4-10(17)14-8/h5-6,8H,3-4,7H2,1-2H3,(H,14,17)(H,12,13,15). The van der Waals surface area contributed by atoms with Crippen molar-refractivity contribution in [1.82, 2.24) is 15.3 Å². The number of hydrogen-bond acceptors (Lipinski definition) is 5. The molecule has 1 fully saturated rings. The van der Waals surface area contributed by atoms with Crippen LogP contribution in [0.25, 0.3) is 0 Å². The van der Waals surface area contributed by atoms with Gasteiger partial charge in [-0.3, -0.25) is 4.79 Å². The molecule has 2 rings (SSSR count). The molecular weight excluding hydrogens is 218 g/mol. The molecule has 0 aliphatic carbocycles. The molecule has 1 aliphatic rings. The molecule has 6 heteroatoms. The maximum absolute atomic E-state index is 11.0. The van der Waals surface area contributed by atoms with Gasteiger partial charge in [-0.2, -0.15) is 4.98 Å². The molecule has 0 spiro atoms. The quantitative estimate of drug-likeness (QED) is 0.782. The lowest BCUT2D eigenvalue weighted by atomic mass is 10.2. The highest BCUT2D eigenvalue weighted by atomic mass is 16.1. The van der Waals surface area contributed by atoms with E-state index in [0.717, 1.165) is 12.2 Å². The van der Waals surface area contributed by atoms with Gasteiger partial charge in [0.15, 0.2) is 0 Å². The molecule has 1 saturated heterocycles. The SMILES string of the molecule is CN(C)c1nccc(NCC2CCC(=O)N2)n1. The smallest absolute Gasteiger partial charge is 0.226 e. The minimum Gasteiger partial charge on any atom is -0.368 e. The monoisotopic (exact) mass is 235 g/mol. The van der Waals surface area contributed by atoms with Crippen molar-refractivity contribution in [3.8, 4) is 0 Å². The molecule has 0 bridgehead atoms. The van der Waals surface area contributed by atoms with Gasteiger partial charge < -0.3 is 15.5 Å². The molecule has 1 aliphatic heterocycles. The normalized spacial score (nSPS) is 18.9. The number of anilines is 2. The molecule has 0 radical (unpaired) electrons. The number of amides is 1. The Balaban J connectivity index is 1.90. The topological polar surface area (TPSA) is 70.2 Å². The van der Waals surface area contributed by atoms with E-state index < -0.39 is 0 Å². The lowest BCUT2D eigenvalue weighted by Crippen LogP contribution is -2.32. The summed E-state index contributed by atoms with van der Waals surface area (Å²) >= 11 is 0. The molecule has 1 amide bonds. The summed E-state index contributed by atoms with van der Waals surface area (Å²) in [5.41, 5.74) is 0. The van der Waals surface area contributed by atoms with Gasteiger partial charge in [-0.25, -0.2) is 4.98 Å². The molecule has 0 aromatic carbocycles. The van der Waals surface area contributed by atoms with Crippen LogP contribution in [0.15, 0.2) is 12.3 Å². The Morgan fingerprint density at radius 1 is 1.59 bits per heavy atom. The van der Waals surface area contributed by atoms with Crippen LogP contribution in [0.1, 0.15) is 12.8 Å². The van der Waals surface area contributed by atoms with Crippen LogP contribution < -0.4 is 15.5 Å². The minimum atomic E-state index is 0.133. The predicted octanol–water partition coefficient (Wildman–Crippen LogP) is 0.233. The molecular formula is C11H17N5O. The van der Waals surface area contributed by atoms with Crippen molar-refractivity contribution < 1.29 is 4.79 Å². The molecule has 6 nitrogen and oxygen atoms in total. The van der Waals surface area contributed by atoms with Crippen LogP contribution in [0.2, 0.25) is 0 Å². The zero-order chi connectivity index (χ0) is 12.3. The third-order valence-corrected chi connectivity index (χ3v) is 2.66. The minimum absolute atomic E-state index is 0.133. The van der Waals surface area contributed by atoms with Gasteiger partial charge in [0, 0.05) is 39.3 Å². The largest absolute Gasteiger partial charge is 0.368 e. The fraction of sp³-hybridized carbons (Fsp3) is 0.545. The molecule has 1 atom stereocenters. The van der Waals surface area contributed by atoms with E-state index in [1.807, 2.05) is 25.1 Å². The predicted molar refractivity (Wildman–Crippen MR) is 66.0 cm³/mol. The third-order valence-electron chi connectivity index (χ3n) is 2.66. The number of nitrogens with zero attached hydrogens (tertiary/aromatic N) is 3. The van der Waals surface area contributed by atoms with Crippen molar-refractivity contribution >= 4 is 17.7 Å². The van der Waals surface area contributed by atoms with E-state index in [0.29, 0.717) is 18.9 Å². The summed E-state index contributed by atoms with van der Waals surface area (Å²) in [5, 5.41) is 6.12. The first-order valence-electron chi connectivity index (χ1n) is 5.69. The first-order valence-corrected chi connectivity index (χ1v) is 5.69. The van der Waals surface area contributed by atoms with Crippen molar-refractivity contribution in [2.45, 2.75) is 18.9 Å². The first kappa shape index (κ1) is 11.6. The summed E-state index contributed by atoms with van der Waals surface area (Å²) in [6.07, 6.45) is 3.23. The Bertz CT molecular complexity index is 407. The molecule has 92 valence electrons. The van der Waals surface area contributed by atoms with Crippen molar-refractivity contribution in [1.29, 1.82) is 0 Å². The number of carbonyl (C=O) groups excluding carboxylic acids is 1. The summed E-state index contributed by atoms with van der Waals surface area (Å²) in [6, 6.07) is 2.03. The Kier molecular flexibility index (Phi) is 3.41. The molecule has 1 aromatic heterocycles. The van der Waals surface area contributed by atoms with E-state index in [1.165, 1.54) is 0 Å². The number of rotatable bonds is 4. The van der Waals surface area contributed by atoms with Gasteiger partial charge in [-0.1, -0.05) is 0 Å². The van der Waals surface area contributed by atoms with Crippen LogP contribution in [0.4, 0.5) is 11.8 Å². The average molecular weight is 235 g/mol. The van der Waals surface area contributed by atoms with Gasteiger partial charge >= 0.3 is 0 Å². The van der Waals surface area contributed by atoms with E-state index >= 15 is 0 Å². The van der Waals surface area contributed by atoms with E-state index in [1.54, 1.807) is 6.20 Å². The lowest BCUT2D eigenvalue weighted by molar-refractivity contribution is -0.119.